The Morgan fingerprint density at radius 2 is 1.81 bits per heavy atom. The number of anilines is 3. The zero-order chi connectivity index (χ0) is 22.7. The van der Waals surface area contributed by atoms with Crippen molar-refractivity contribution < 1.29 is 17.1 Å². The monoisotopic (exact) mass is 454 g/mol. The topological polar surface area (TPSA) is 163 Å². The van der Waals surface area contributed by atoms with Crippen LogP contribution >= 0.6 is 0 Å². The van der Waals surface area contributed by atoms with Gasteiger partial charge < -0.3 is 15.2 Å². The van der Waals surface area contributed by atoms with Gasteiger partial charge in [0.25, 0.3) is 16.0 Å². The van der Waals surface area contributed by atoms with Crippen LogP contribution in [0.25, 0.3) is 23.1 Å². The molecule has 0 amide bonds. The fourth-order valence-corrected chi connectivity index (χ4v) is 2.97. The van der Waals surface area contributed by atoms with Gasteiger partial charge in [0.2, 0.25) is 23.5 Å². The van der Waals surface area contributed by atoms with Gasteiger partial charge in [-0.05, 0) is 24.3 Å². The van der Waals surface area contributed by atoms with E-state index in [-0.39, 0.29) is 30.1 Å². The van der Waals surface area contributed by atoms with Gasteiger partial charge >= 0.3 is 0 Å². The summed E-state index contributed by atoms with van der Waals surface area (Å²) in [4.78, 5) is 22.9. The highest BCUT2D eigenvalue weighted by Crippen LogP contribution is 2.24. The standard InChI is InChI=1S/C19H18N8O4S/c1-27(14-6-4-3-5-7-14)19-24-15(23-18(20)25-19)16-22-17(31-26-16)12-8-9-13(21-10-12)11-30-32(2,28)29/h3-10H,11H2,1-2H3,(H2,20,23,24,25). The zero-order valence-electron chi connectivity index (χ0n) is 17.1. The molecule has 0 unspecified atom stereocenters. The Hall–Kier alpha value is -3.97. The summed E-state index contributed by atoms with van der Waals surface area (Å²) in [6.07, 6.45) is 2.44. The average Bonchev–Trinajstić information content (AvgIpc) is 3.28. The van der Waals surface area contributed by atoms with Gasteiger partial charge in [-0.25, -0.2) is 0 Å². The summed E-state index contributed by atoms with van der Waals surface area (Å²) in [6.45, 7) is -0.171. The van der Waals surface area contributed by atoms with Crippen LogP contribution in [0.1, 0.15) is 5.69 Å². The molecule has 2 N–H and O–H groups in total. The third kappa shape index (κ3) is 5.01. The predicted octanol–water partition coefficient (Wildman–Crippen LogP) is 1.81. The van der Waals surface area contributed by atoms with Crippen LogP contribution in [0.4, 0.5) is 17.6 Å². The maximum atomic E-state index is 11.1. The molecule has 0 aliphatic carbocycles. The first kappa shape index (κ1) is 21.3. The Kier molecular flexibility index (Phi) is 5.75. The molecule has 0 aliphatic rings. The molecule has 0 saturated carbocycles. The van der Waals surface area contributed by atoms with E-state index < -0.39 is 10.1 Å². The summed E-state index contributed by atoms with van der Waals surface area (Å²) in [6, 6.07) is 12.8. The van der Waals surface area contributed by atoms with E-state index in [0.29, 0.717) is 17.2 Å². The first-order valence-corrected chi connectivity index (χ1v) is 11.0. The number of nitrogen functional groups attached to an aromatic ring is 1. The van der Waals surface area contributed by atoms with E-state index in [9.17, 15) is 8.42 Å². The summed E-state index contributed by atoms with van der Waals surface area (Å²) in [7, 11) is -1.75. The molecule has 0 spiro atoms. The smallest absolute Gasteiger partial charge is 0.264 e. The number of benzene rings is 1. The van der Waals surface area contributed by atoms with Gasteiger partial charge in [-0.15, -0.1) is 0 Å². The van der Waals surface area contributed by atoms with Gasteiger partial charge in [-0.1, -0.05) is 23.4 Å². The van der Waals surface area contributed by atoms with E-state index >= 15 is 0 Å². The minimum absolute atomic E-state index is 0.0102. The Morgan fingerprint density at radius 1 is 1.03 bits per heavy atom. The molecule has 1 aromatic carbocycles. The van der Waals surface area contributed by atoms with Crippen molar-refractivity contribution in [3.05, 3.63) is 54.4 Å². The molecule has 0 fully saturated rings. The fraction of sp³-hybridized carbons (Fsp3) is 0.158. The van der Waals surface area contributed by atoms with Crippen LogP contribution in [-0.2, 0) is 20.9 Å². The molecule has 3 aromatic heterocycles. The largest absolute Gasteiger partial charge is 0.368 e. The molecule has 4 rings (SSSR count). The number of hydrogen-bond acceptors (Lipinski definition) is 12. The van der Waals surface area contributed by atoms with Crippen LogP contribution in [0.2, 0.25) is 0 Å². The molecule has 0 aliphatic heterocycles. The first-order chi connectivity index (χ1) is 15.3. The summed E-state index contributed by atoms with van der Waals surface area (Å²) >= 11 is 0. The van der Waals surface area contributed by atoms with E-state index in [1.54, 1.807) is 24.1 Å². The Labute approximate surface area is 183 Å². The zero-order valence-corrected chi connectivity index (χ0v) is 17.9. The Balaban J connectivity index is 1.56. The number of nitrogens with two attached hydrogens (primary N) is 1. The molecule has 0 saturated heterocycles. The lowest BCUT2D eigenvalue weighted by Gasteiger charge is -2.17. The number of para-hydroxylation sites is 1. The Bertz CT molecular complexity index is 1330. The lowest BCUT2D eigenvalue weighted by molar-refractivity contribution is 0.307. The van der Waals surface area contributed by atoms with Gasteiger partial charge in [0.1, 0.15) is 6.61 Å². The van der Waals surface area contributed by atoms with Crippen molar-refractivity contribution in [1.29, 1.82) is 0 Å². The molecule has 13 heteroatoms. The van der Waals surface area contributed by atoms with Gasteiger partial charge in [0.15, 0.2) is 0 Å². The average molecular weight is 454 g/mol. The number of hydrogen-bond donors (Lipinski definition) is 1. The molecule has 4 aromatic rings. The third-order valence-corrected chi connectivity index (χ3v) is 4.75. The third-order valence-electron chi connectivity index (χ3n) is 4.20. The molecule has 0 atom stereocenters. The van der Waals surface area contributed by atoms with E-state index in [2.05, 4.69) is 30.1 Å². The van der Waals surface area contributed by atoms with Crippen molar-refractivity contribution in [2.45, 2.75) is 6.61 Å². The van der Waals surface area contributed by atoms with Crippen LogP contribution < -0.4 is 10.6 Å². The van der Waals surface area contributed by atoms with Crippen LogP contribution in [-0.4, -0.2) is 51.8 Å². The molecule has 32 heavy (non-hydrogen) atoms. The molecule has 12 nitrogen and oxygen atoms in total. The van der Waals surface area contributed by atoms with Crippen LogP contribution in [0.5, 0.6) is 0 Å². The highest BCUT2D eigenvalue weighted by atomic mass is 32.2. The van der Waals surface area contributed by atoms with Crippen molar-refractivity contribution >= 4 is 27.7 Å². The summed E-state index contributed by atoms with van der Waals surface area (Å²) in [5, 5.41) is 3.92. The van der Waals surface area contributed by atoms with Crippen LogP contribution in [0.3, 0.4) is 0 Å². The second kappa shape index (κ2) is 8.64. The predicted molar refractivity (Wildman–Crippen MR) is 115 cm³/mol. The van der Waals surface area contributed by atoms with Crippen molar-refractivity contribution in [1.82, 2.24) is 30.1 Å². The number of pyridine rings is 1. The van der Waals surface area contributed by atoms with Crippen LogP contribution in [0.15, 0.2) is 53.2 Å². The lowest BCUT2D eigenvalue weighted by atomic mass is 10.2. The summed E-state index contributed by atoms with van der Waals surface area (Å²) in [5.41, 5.74) is 7.68. The number of nitrogens with zero attached hydrogens (tertiary/aromatic N) is 7. The van der Waals surface area contributed by atoms with E-state index in [1.807, 2.05) is 30.3 Å². The second-order valence-electron chi connectivity index (χ2n) is 6.64. The maximum absolute atomic E-state index is 11.1. The highest BCUT2D eigenvalue weighted by molar-refractivity contribution is 7.85. The molecular formula is C19H18N8O4S. The van der Waals surface area contributed by atoms with Crippen LogP contribution in [0, 0.1) is 0 Å². The Morgan fingerprint density at radius 3 is 2.50 bits per heavy atom. The molecule has 0 bridgehead atoms. The molecule has 164 valence electrons. The summed E-state index contributed by atoms with van der Waals surface area (Å²) < 4.78 is 32.2. The minimum atomic E-state index is -3.56. The fourth-order valence-electron chi connectivity index (χ4n) is 2.63. The van der Waals surface area contributed by atoms with E-state index in [0.717, 1.165) is 11.9 Å². The van der Waals surface area contributed by atoms with Gasteiger partial charge in [-0.2, -0.15) is 28.4 Å². The summed E-state index contributed by atoms with van der Waals surface area (Å²) in [5.74, 6) is 0.788. The van der Waals surface area contributed by atoms with E-state index in [1.165, 1.54) is 6.20 Å². The normalized spacial score (nSPS) is 11.4. The first-order valence-electron chi connectivity index (χ1n) is 9.22. The van der Waals surface area contributed by atoms with Crippen molar-refractivity contribution in [3.8, 4) is 23.1 Å². The van der Waals surface area contributed by atoms with Gasteiger partial charge in [-0.3, -0.25) is 9.17 Å². The van der Waals surface area contributed by atoms with Crippen molar-refractivity contribution in [2.75, 3.05) is 23.9 Å². The molecule has 0 radical (unpaired) electrons. The molecule has 3 heterocycles. The highest BCUT2D eigenvalue weighted by Gasteiger charge is 2.17. The quantitative estimate of drug-likeness (QED) is 0.403. The minimum Gasteiger partial charge on any atom is -0.368 e. The molecular weight excluding hydrogens is 436 g/mol. The van der Waals surface area contributed by atoms with Gasteiger partial charge in [0, 0.05) is 18.9 Å². The SMILES string of the molecule is CN(c1ccccc1)c1nc(N)nc(-c2noc(-c3ccc(COS(C)(=O)=O)nc3)n2)n1. The second-order valence-corrected chi connectivity index (χ2v) is 8.28. The van der Waals surface area contributed by atoms with Crippen molar-refractivity contribution in [3.63, 3.8) is 0 Å². The van der Waals surface area contributed by atoms with Gasteiger partial charge in [0.05, 0.1) is 17.5 Å². The lowest BCUT2D eigenvalue weighted by Crippen LogP contribution is -2.15. The maximum Gasteiger partial charge on any atom is 0.264 e. The number of aromatic nitrogens is 6. The van der Waals surface area contributed by atoms with Crippen molar-refractivity contribution in [2.24, 2.45) is 0 Å². The number of rotatable bonds is 7. The van der Waals surface area contributed by atoms with E-state index in [4.69, 9.17) is 14.4 Å².